The standard InChI is InChI=1S/C16H21N3OS/c1-3-8-17-12(2)13-5-4-6-14(10-13)18-16(20)19-15-7-9-21-11-15/h4-7,9-12,17H,3,8H2,1-2H3,(H2,18,19,20). The summed E-state index contributed by atoms with van der Waals surface area (Å²) >= 11 is 1.55. The molecule has 0 saturated heterocycles. The van der Waals surface area contributed by atoms with Gasteiger partial charge >= 0.3 is 6.03 Å². The Kier molecular flexibility index (Phi) is 5.78. The molecule has 1 unspecified atom stereocenters. The van der Waals surface area contributed by atoms with Crippen molar-refractivity contribution in [3.63, 3.8) is 0 Å². The van der Waals surface area contributed by atoms with Crippen molar-refractivity contribution in [2.24, 2.45) is 0 Å². The number of rotatable bonds is 6. The van der Waals surface area contributed by atoms with Crippen LogP contribution in [0.25, 0.3) is 0 Å². The zero-order valence-electron chi connectivity index (χ0n) is 12.3. The molecule has 5 heteroatoms. The maximum Gasteiger partial charge on any atom is 0.323 e. The van der Waals surface area contributed by atoms with Crippen LogP contribution in [0, 0.1) is 0 Å². The summed E-state index contributed by atoms with van der Waals surface area (Å²) in [6.45, 7) is 5.25. The quantitative estimate of drug-likeness (QED) is 0.738. The summed E-state index contributed by atoms with van der Waals surface area (Å²) < 4.78 is 0. The van der Waals surface area contributed by atoms with Crippen LogP contribution in [-0.4, -0.2) is 12.6 Å². The normalized spacial score (nSPS) is 11.9. The lowest BCUT2D eigenvalue weighted by Crippen LogP contribution is -2.21. The molecule has 0 aliphatic heterocycles. The van der Waals surface area contributed by atoms with Crippen molar-refractivity contribution in [3.8, 4) is 0 Å². The van der Waals surface area contributed by atoms with Gasteiger partial charge in [0.1, 0.15) is 0 Å². The van der Waals surface area contributed by atoms with Crippen LogP contribution in [0.3, 0.4) is 0 Å². The van der Waals surface area contributed by atoms with Crippen molar-refractivity contribution in [2.45, 2.75) is 26.3 Å². The number of anilines is 2. The molecule has 4 nitrogen and oxygen atoms in total. The number of amides is 2. The van der Waals surface area contributed by atoms with E-state index in [1.807, 2.05) is 35.0 Å². The molecule has 2 amide bonds. The fraction of sp³-hybridized carbons (Fsp3) is 0.312. The lowest BCUT2D eigenvalue weighted by atomic mass is 10.1. The van der Waals surface area contributed by atoms with Crippen molar-refractivity contribution >= 4 is 28.7 Å². The molecular formula is C16H21N3OS. The lowest BCUT2D eigenvalue weighted by molar-refractivity contribution is 0.262. The van der Waals surface area contributed by atoms with Gasteiger partial charge in [0.15, 0.2) is 0 Å². The third-order valence-corrected chi connectivity index (χ3v) is 3.81. The van der Waals surface area contributed by atoms with Gasteiger partial charge in [0, 0.05) is 17.1 Å². The summed E-state index contributed by atoms with van der Waals surface area (Å²) in [7, 11) is 0. The number of nitrogens with one attached hydrogen (secondary N) is 3. The van der Waals surface area contributed by atoms with E-state index in [-0.39, 0.29) is 12.1 Å². The van der Waals surface area contributed by atoms with Gasteiger partial charge in [-0.15, -0.1) is 0 Å². The molecule has 0 aliphatic carbocycles. The van der Waals surface area contributed by atoms with E-state index in [1.54, 1.807) is 11.3 Å². The van der Waals surface area contributed by atoms with Gasteiger partial charge in [0.05, 0.1) is 5.69 Å². The molecule has 2 aromatic rings. The number of benzene rings is 1. The molecule has 0 fully saturated rings. The maximum atomic E-state index is 11.9. The van der Waals surface area contributed by atoms with Gasteiger partial charge < -0.3 is 16.0 Å². The molecule has 1 heterocycles. The average Bonchev–Trinajstić information content (AvgIpc) is 2.97. The summed E-state index contributed by atoms with van der Waals surface area (Å²) in [5.74, 6) is 0. The SMILES string of the molecule is CCCNC(C)c1cccc(NC(=O)Nc2ccsc2)c1. The summed E-state index contributed by atoms with van der Waals surface area (Å²) in [4.78, 5) is 11.9. The molecule has 1 aromatic carbocycles. The molecule has 2 rings (SSSR count). The van der Waals surface area contributed by atoms with Crippen molar-refractivity contribution in [1.29, 1.82) is 0 Å². The third-order valence-electron chi connectivity index (χ3n) is 3.12. The number of thiophene rings is 1. The van der Waals surface area contributed by atoms with E-state index in [0.717, 1.165) is 29.9 Å². The van der Waals surface area contributed by atoms with Crippen LogP contribution >= 0.6 is 11.3 Å². The van der Waals surface area contributed by atoms with E-state index in [9.17, 15) is 4.79 Å². The minimum absolute atomic E-state index is 0.222. The second-order valence-electron chi connectivity index (χ2n) is 4.89. The Morgan fingerprint density at radius 3 is 2.76 bits per heavy atom. The molecule has 0 radical (unpaired) electrons. The van der Waals surface area contributed by atoms with E-state index in [0.29, 0.717) is 0 Å². The maximum absolute atomic E-state index is 11.9. The number of carbonyl (C=O) groups excluding carboxylic acids is 1. The highest BCUT2D eigenvalue weighted by atomic mass is 32.1. The van der Waals surface area contributed by atoms with E-state index in [4.69, 9.17) is 0 Å². The molecule has 1 atom stereocenters. The van der Waals surface area contributed by atoms with Crippen LogP contribution in [0.1, 0.15) is 31.9 Å². The smallest absolute Gasteiger partial charge is 0.310 e. The van der Waals surface area contributed by atoms with Gasteiger partial charge in [0.25, 0.3) is 0 Å². The third kappa shape index (κ3) is 4.88. The number of hydrogen-bond donors (Lipinski definition) is 3. The van der Waals surface area contributed by atoms with Crippen molar-refractivity contribution in [3.05, 3.63) is 46.7 Å². The highest BCUT2D eigenvalue weighted by molar-refractivity contribution is 7.08. The fourth-order valence-corrected chi connectivity index (χ4v) is 2.58. The topological polar surface area (TPSA) is 53.2 Å². The number of hydrogen-bond acceptors (Lipinski definition) is 3. The molecule has 0 saturated carbocycles. The Balaban J connectivity index is 1.95. The molecule has 112 valence electrons. The minimum atomic E-state index is -0.222. The van der Waals surface area contributed by atoms with E-state index >= 15 is 0 Å². The van der Waals surface area contributed by atoms with Crippen LogP contribution in [0.5, 0.6) is 0 Å². The predicted octanol–water partition coefficient (Wildman–Crippen LogP) is 4.45. The van der Waals surface area contributed by atoms with Crippen LogP contribution in [-0.2, 0) is 0 Å². The molecule has 3 N–H and O–H groups in total. The fourth-order valence-electron chi connectivity index (χ4n) is 1.99. The largest absolute Gasteiger partial charge is 0.323 e. The van der Waals surface area contributed by atoms with Gasteiger partial charge in [-0.05, 0) is 49.0 Å². The summed E-state index contributed by atoms with van der Waals surface area (Å²) in [6, 6.07) is 9.84. The van der Waals surface area contributed by atoms with Crippen molar-refractivity contribution < 1.29 is 4.79 Å². The first-order chi connectivity index (χ1) is 10.2. The molecule has 0 bridgehead atoms. The van der Waals surface area contributed by atoms with Gasteiger partial charge in [0.2, 0.25) is 0 Å². The Morgan fingerprint density at radius 1 is 1.24 bits per heavy atom. The average molecular weight is 303 g/mol. The van der Waals surface area contributed by atoms with Crippen LogP contribution in [0.4, 0.5) is 16.2 Å². The highest BCUT2D eigenvalue weighted by Crippen LogP contribution is 2.18. The van der Waals surface area contributed by atoms with Gasteiger partial charge in [-0.25, -0.2) is 4.79 Å². The van der Waals surface area contributed by atoms with Crippen molar-refractivity contribution in [2.75, 3.05) is 17.2 Å². The minimum Gasteiger partial charge on any atom is -0.310 e. The van der Waals surface area contributed by atoms with Gasteiger partial charge in [-0.3, -0.25) is 0 Å². The summed E-state index contributed by atoms with van der Waals surface area (Å²) in [5, 5.41) is 12.9. The predicted molar refractivity (Wildman–Crippen MR) is 90.1 cm³/mol. The molecule has 0 spiro atoms. The van der Waals surface area contributed by atoms with Crippen LogP contribution in [0.15, 0.2) is 41.1 Å². The first kappa shape index (κ1) is 15.5. The zero-order valence-corrected chi connectivity index (χ0v) is 13.2. The second kappa shape index (κ2) is 7.81. The lowest BCUT2D eigenvalue weighted by Gasteiger charge is -2.15. The van der Waals surface area contributed by atoms with Crippen LogP contribution in [0.2, 0.25) is 0 Å². The van der Waals surface area contributed by atoms with Crippen LogP contribution < -0.4 is 16.0 Å². The van der Waals surface area contributed by atoms with E-state index in [2.05, 4.69) is 35.9 Å². The number of carbonyl (C=O) groups is 1. The highest BCUT2D eigenvalue weighted by Gasteiger charge is 2.07. The zero-order chi connectivity index (χ0) is 15.1. The Labute approximate surface area is 129 Å². The Morgan fingerprint density at radius 2 is 2.05 bits per heavy atom. The Bertz CT molecular complexity index is 569. The van der Waals surface area contributed by atoms with E-state index < -0.39 is 0 Å². The van der Waals surface area contributed by atoms with Gasteiger partial charge in [-0.2, -0.15) is 11.3 Å². The second-order valence-corrected chi connectivity index (χ2v) is 5.67. The molecule has 1 aromatic heterocycles. The summed E-state index contributed by atoms with van der Waals surface area (Å²) in [5.41, 5.74) is 2.77. The number of urea groups is 1. The first-order valence-corrected chi connectivity index (χ1v) is 8.07. The monoisotopic (exact) mass is 303 g/mol. The van der Waals surface area contributed by atoms with Gasteiger partial charge in [-0.1, -0.05) is 19.1 Å². The summed E-state index contributed by atoms with van der Waals surface area (Å²) in [6.07, 6.45) is 1.10. The van der Waals surface area contributed by atoms with E-state index in [1.165, 1.54) is 0 Å². The Hall–Kier alpha value is -1.85. The molecular weight excluding hydrogens is 282 g/mol. The molecule has 0 aliphatic rings. The first-order valence-electron chi connectivity index (χ1n) is 7.12. The van der Waals surface area contributed by atoms with Crippen molar-refractivity contribution in [1.82, 2.24) is 5.32 Å². The molecule has 21 heavy (non-hydrogen) atoms.